The molecule has 1 rings (SSSR count). The Morgan fingerprint density at radius 1 is 1.35 bits per heavy atom. The number of sulfonamides is 1. The van der Waals surface area contributed by atoms with Gasteiger partial charge in [0.2, 0.25) is 10.0 Å². The molecular weight excluding hydrogens is 314 g/mol. The van der Waals surface area contributed by atoms with Gasteiger partial charge in [-0.25, -0.2) is 8.42 Å². The highest BCUT2D eigenvalue weighted by atomic mass is 35.5. The molecule has 0 amide bonds. The number of nitrogens with zero attached hydrogens (tertiary/aromatic N) is 1. The molecule has 0 aliphatic rings. The van der Waals surface area contributed by atoms with Crippen LogP contribution >= 0.6 is 23.4 Å². The van der Waals surface area contributed by atoms with E-state index in [0.717, 1.165) is 22.4 Å². The minimum atomic E-state index is -3.48. The molecule has 1 aromatic rings. The van der Waals surface area contributed by atoms with Crippen LogP contribution in [0, 0.1) is 13.8 Å². The highest BCUT2D eigenvalue weighted by Gasteiger charge is 2.27. The number of benzene rings is 1. The first-order valence-electron chi connectivity index (χ1n) is 6.38. The molecular formula is C14H22ClNO2S2. The summed E-state index contributed by atoms with van der Waals surface area (Å²) in [5, 5.41) is 0. The van der Waals surface area contributed by atoms with E-state index in [9.17, 15) is 8.42 Å². The third kappa shape index (κ3) is 3.70. The standard InChI is InChI=1S/C14H22ClNO2S2/c1-10-6-13(8-15)7-14(12(10)3)20(17,18)16(4)11(2)9-19-5/h6-7,11H,8-9H2,1-5H3. The van der Waals surface area contributed by atoms with Gasteiger partial charge in [0, 0.05) is 24.7 Å². The minimum Gasteiger partial charge on any atom is -0.207 e. The van der Waals surface area contributed by atoms with Gasteiger partial charge in [0.1, 0.15) is 0 Å². The molecule has 0 saturated carbocycles. The summed E-state index contributed by atoms with van der Waals surface area (Å²) >= 11 is 7.49. The maximum Gasteiger partial charge on any atom is 0.243 e. The van der Waals surface area contributed by atoms with Crippen molar-refractivity contribution in [3.63, 3.8) is 0 Å². The summed E-state index contributed by atoms with van der Waals surface area (Å²) in [4.78, 5) is 0.364. The normalized spacial score (nSPS) is 13.8. The van der Waals surface area contributed by atoms with Crippen LogP contribution in [0.5, 0.6) is 0 Å². The van der Waals surface area contributed by atoms with Crippen molar-refractivity contribution in [1.29, 1.82) is 0 Å². The number of hydrogen-bond acceptors (Lipinski definition) is 3. The lowest BCUT2D eigenvalue weighted by molar-refractivity contribution is 0.414. The molecule has 20 heavy (non-hydrogen) atoms. The number of rotatable bonds is 6. The molecule has 0 aromatic heterocycles. The lowest BCUT2D eigenvalue weighted by atomic mass is 10.1. The summed E-state index contributed by atoms with van der Waals surface area (Å²) in [5.41, 5.74) is 2.58. The lowest BCUT2D eigenvalue weighted by Gasteiger charge is -2.25. The van der Waals surface area contributed by atoms with Crippen molar-refractivity contribution in [1.82, 2.24) is 4.31 Å². The van der Waals surface area contributed by atoms with Crippen molar-refractivity contribution < 1.29 is 8.42 Å². The molecule has 0 saturated heterocycles. The Morgan fingerprint density at radius 2 is 1.95 bits per heavy atom. The minimum absolute atomic E-state index is 0.0469. The van der Waals surface area contributed by atoms with Crippen molar-refractivity contribution in [2.45, 2.75) is 37.6 Å². The average molecular weight is 336 g/mol. The third-order valence-electron chi connectivity index (χ3n) is 3.52. The van der Waals surface area contributed by atoms with E-state index >= 15 is 0 Å². The van der Waals surface area contributed by atoms with E-state index in [2.05, 4.69) is 0 Å². The molecule has 1 atom stereocenters. The maximum absolute atomic E-state index is 12.8. The monoisotopic (exact) mass is 335 g/mol. The molecule has 1 aromatic carbocycles. The van der Waals surface area contributed by atoms with Crippen LogP contribution in [-0.2, 0) is 15.9 Å². The van der Waals surface area contributed by atoms with Gasteiger partial charge in [-0.3, -0.25) is 0 Å². The summed E-state index contributed by atoms with van der Waals surface area (Å²) in [5.74, 6) is 1.08. The molecule has 0 fully saturated rings. The van der Waals surface area contributed by atoms with E-state index < -0.39 is 10.0 Å². The fraction of sp³-hybridized carbons (Fsp3) is 0.571. The first-order valence-corrected chi connectivity index (χ1v) is 9.75. The number of aryl methyl sites for hydroxylation is 1. The molecule has 0 spiro atoms. The Hall–Kier alpha value is -0.230. The first kappa shape index (κ1) is 17.8. The Labute approximate surface area is 131 Å². The Balaban J connectivity index is 3.31. The predicted octanol–water partition coefficient (Wildman–Crippen LogP) is 3.41. The van der Waals surface area contributed by atoms with Crippen LogP contribution in [0.25, 0.3) is 0 Å². The molecule has 6 heteroatoms. The zero-order valence-electron chi connectivity index (χ0n) is 12.6. The van der Waals surface area contributed by atoms with Gasteiger partial charge in [-0.05, 0) is 49.8 Å². The van der Waals surface area contributed by atoms with Crippen molar-refractivity contribution in [3.8, 4) is 0 Å². The summed E-state index contributed by atoms with van der Waals surface area (Å²) in [6.07, 6.45) is 1.97. The van der Waals surface area contributed by atoms with Crippen LogP contribution in [0.1, 0.15) is 23.6 Å². The van der Waals surface area contributed by atoms with E-state index in [-0.39, 0.29) is 6.04 Å². The van der Waals surface area contributed by atoms with Gasteiger partial charge in [0.25, 0.3) is 0 Å². The van der Waals surface area contributed by atoms with E-state index in [0.29, 0.717) is 10.8 Å². The number of halogens is 1. The van der Waals surface area contributed by atoms with Crippen molar-refractivity contribution in [3.05, 3.63) is 28.8 Å². The van der Waals surface area contributed by atoms with Gasteiger partial charge in [-0.1, -0.05) is 6.07 Å². The smallest absolute Gasteiger partial charge is 0.207 e. The molecule has 0 N–H and O–H groups in total. The summed E-state index contributed by atoms with van der Waals surface area (Å²) in [6, 6.07) is 3.58. The van der Waals surface area contributed by atoms with Gasteiger partial charge in [0.05, 0.1) is 4.90 Å². The van der Waals surface area contributed by atoms with Crippen molar-refractivity contribution >= 4 is 33.4 Å². The number of alkyl halides is 1. The van der Waals surface area contributed by atoms with Crippen LogP contribution < -0.4 is 0 Å². The van der Waals surface area contributed by atoms with Gasteiger partial charge in [0.15, 0.2) is 0 Å². The zero-order valence-corrected chi connectivity index (χ0v) is 15.0. The molecule has 0 aliphatic carbocycles. The van der Waals surface area contributed by atoms with Crippen LogP contribution in [0.3, 0.4) is 0 Å². The fourth-order valence-electron chi connectivity index (χ4n) is 1.98. The molecule has 3 nitrogen and oxygen atoms in total. The largest absolute Gasteiger partial charge is 0.243 e. The van der Waals surface area contributed by atoms with E-state index in [4.69, 9.17) is 11.6 Å². The van der Waals surface area contributed by atoms with E-state index in [1.165, 1.54) is 4.31 Å². The lowest BCUT2D eigenvalue weighted by Crippen LogP contribution is -2.37. The molecule has 1 unspecified atom stereocenters. The number of hydrogen-bond donors (Lipinski definition) is 0. The van der Waals surface area contributed by atoms with Gasteiger partial charge in [-0.2, -0.15) is 16.1 Å². The third-order valence-corrected chi connectivity index (χ3v) is 6.74. The van der Waals surface area contributed by atoms with E-state index in [1.807, 2.05) is 33.1 Å². The molecule has 114 valence electrons. The Morgan fingerprint density at radius 3 is 2.45 bits per heavy atom. The van der Waals surface area contributed by atoms with Crippen molar-refractivity contribution in [2.75, 3.05) is 19.1 Å². The summed E-state index contributed by atoms with van der Waals surface area (Å²) in [6.45, 7) is 5.67. The SMILES string of the molecule is CSCC(C)N(C)S(=O)(=O)c1cc(CCl)cc(C)c1C. The molecule has 0 heterocycles. The fourth-order valence-corrected chi connectivity index (χ4v) is 4.64. The van der Waals surface area contributed by atoms with E-state index in [1.54, 1.807) is 24.9 Å². The highest BCUT2D eigenvalue weighted by molar-refractivity contribution is 7.98. The summed E-state index contributed by atoms with van der Waals surface area (Å²) in [7, 11) is -1.85. The summed E-state index contributed by atoms with van der Waals surface area (Å²) < 4.78 is 27.0. The van der Waals surface area contributed by atoms with Gasteiger partial charge >= 0.3 is 0 Å². The second-order valence-electron chi connectivity index (χ2n) is 5.00. The van der Waals surface area contributed by atoms with Crippen LogP contribution in [0.2, 0.25) is 0 Å². The quantitative estimate of drug-likeness (QED) is 0.747. The molecule has 0 radical (unpaired) electrons. The van der Waals surface area contributed by atoms with Gasteiger partial charge in [-0.15, -0.1) is 11.6 Å². The first-order chi connectivity index (χ1) is 9.25. The zero-order chi connectivity index (χ0) is 15.5. The Kier molecular flexibility index (Phi) is 6.38. The molecule has 0 bridgehead atoms. The van der Waals surface area contributed by atoms with Gasteiger partial charge < -0.3 is 0 Å². The second kappa shape index (κ2) is 7.16. The van der Waals surface area contributed by atoms with Crippen LogP contribution in [0.4, 0.5) is 0 Å². The topological polar surface area (TPSA) is 37.4 Å². The number of thioether (sulfide) groups is 1. The highest BCUT2D eigenvalue weighted by Crippen LogP contribution is 2.26. The average Bonchev–Trinajstić information content (AvgIpc) is 2.40. The second-order valence-corrected chi connectivity index (χ2v) is 8.14. The Bertz CT molecular complexity index is 573. The maximum atomic E-state index is 12.8. The van der Waals surface area contributed by atoms with Crippen LogP contribution in [0.15, 0.2) is 17.0 Å². The van der Waals surface area contributed by atoms with Crippen LogP contribution in [-0.4, -0.2) is 37.8 Å². The van der Waals surface area contributed by atoms with Crippen molar-refractivity contribution in [2.24, 2.45) is 0 Å². The molecule has 0 aliphatic heterocycles. The predicted molar refractivity (Wildman–Crippen MR) is 88.3 cm³/mol.